The lowest BCUT2D eigenvalue weighted by molar-refractivity contribution is -0.113. The zero-order valence-corrected chi connectivity index (χ0v) is 23.2. The zero-order chi connectivity index (χ0) is 26.5. The molecule has 5 rings (SSSR count). The van der Waals surface area contributed by atoms with Gasteiger partial charge in [0.1, 0.15) is 0 Å². The maximum Gasteiger partial charge on any atom is 0.277 e. The summed E-state index contributed by atoms with van der Waals surface area (Å²) in [4.78, 5) is 29.4. The minimum atomic E-state index is -0.158. The quantitative estimate of drug-likeness (QED) is 0.284. The van der Waals surface area contributed by atoms with Crippen molar-refractivity contribution >= 4 is 50.9 Å². The van der Waals surface area contributed by atoms with Crippen molar-refractivity contribution in [3.8, 4) is 11.5 Å². The van der Waals surface area contributed by atoms with Crippen LogP contribution in [0.2, 0.25) is 0 Å². The van der Waals surface area contributed by atoms with E-state index in [-0.39, 0.29) is 17.6 Å². The summed E-state index contributed by atoms with van der Waals surface area (Å²) in [6.07, 6.45) is 0. The van der Waals surface area contributed by atoms with Crippen LogP contribution in [0.1, 0.15) is 15.9 Å². The van der Waals surface area contributed by atoms with E-state index in [2.05, 4.69) is 36.3 Å². The van der Waals surface area contributed by atoms with E-state index >= 15 is 0 Å². The first-order valence-electron chi connectivity index (χ1n) is 12.2. The maximum atomic E-state index is 12.8. The zero-order valence-electron chi connectivity index (χ0n) is 20.8. The van der Waals surface area contributed by atoms with Gasteiger partial charge in [-0.25, -0.2) is 0 Å². The topological polar surface area (TPSA) is 91.6 Å². The molecule has 194 valence electrons. The Morgan fingerprint density at radius 2 is 1.71 bits per heavy atom. The lowest BCUT2D eigenvalue weighted by Gasteiger charge is -2.36. The van der Waals surface area contributed by atoms with Gasteiger partial charge in [-0.2, -0.15) is 0 Å². The normalized spacial score (nSPS) is 13.4. The molecule has 0 atom stereocenters. The maximum absolute atomic E-state index is 12.8. The number of anilines is 2. The Kier molecular flexibility index (Phi) is 8.09. The third-order valence-corrected chi connectivity index (χ3v) is 7.52. The molecule has 38 heavy (non-hydrogen) atoms. The predicted molar refractivity (Wildman–Crippen MR) is 153 cm³/mol. The number of piperazine rings is 1. The summed E-state index contributed by atoms with van der Waals surface area (Å²) < 4.78 is 6.63. The number of halogens is 1. The Bertz CT molecular complexity index is 1420. The van der Waals surface area contributed by atoms with Gasteiger partial charge in [0.25, 0.3) is 11.1 Å². The molecule has 0 bridgehead atoms. The summed E-state index contributed by atoms with van der Waals surface area (Å²) in [7, 11) is 0. The van der Waals surface area contributed by atoms with Crippen LogP contribution in [0.25, 0.3) is 11.5 Å². The van der Waals surface area contributed by atoms with Gasteiger partial charge in [0.15, 0.2) is 0 Å². The van der Waals surface area contributed by atoms with E-state index in [1.54, 1.807) is 0 Å². The fourth-order valence-electron chi connectivity index (χ4n) is 4.19. The molecule has 2 amide bonds. The molecule has 0 spiro atoms. The number of aryl methyl sites for hydroxylation is 1. The van der Waals surface area contributed by atoms with Gasteiger partial charge in [0, 0.05) is 53.2 Å². The Morgan fingerprint density at radius 1 is 0.974 bits per heavy atom. The first-order chi connectivity index (χ1) is 18.4. The highest BCUT2D eigenvalue weighted by atomic mass is 79.9. The van der Waals surface area contributed by atoms with Crippen molar-refractivity contribution in [1.82, 2.24) is 15.1 Å². The minimum Gasteiger partial charge on any atom is -0.411 e. The summed E-state index contributed by atoms with van der Waals surface area (Å²) in [6.45, 7) is 4.84. The third kappa shape index (κ3) is 6.43. The van der Waals surface area contributed by atoms with Gasteiger partial charge < -0.3 is 19.5 Å². The Hall–Kier alpha value is -3.63. The molecule has 1 saturated heterocycles. The molecule has 0 saturated carbocycles. The number of nitrogens with one attached hydrogen (secondary N) is 1. The van der Waals surface area contributed by atoms with Gasteiger partial charge in [-0.1, -0.05) is 45.4 Å². The largest absolute Gasteiger partial charge is 0.411 e. The van der Waals surface area contributed by atoms with Crippen LogP contribution >= 0.6 is 27.7 Å². The van der Waals surface area contributed by atoms with Crippen molar-refractivity contribution in [2.45, 2.75) is 12.1 Å². The van der Waals surface area contributed by atoms with E-state index in [1.165, 1.54) is 11.8 Å². The number of rotatable bonds is 7. The average molecular weight is 593 g/mol. The molecule has 0 aliphatic carbocycles. The minimum absolute atomic E-state index is 0.0781. The first-order valence-corrected chi connectivity index (χ1v) is 14.0. The molecular formula is C28H26BrN5O3S. The molecule has 1 fully saturated rings. The van der Waals surface area contributed by atoms with Crippen LogP contribution in [0.4, 0.5) is 11.4 Å². The average Bonchev–Trinajstić information content (AvgIpc) is 3.42. The SMILES string of the molecule is Cc1cccc(C(=O)N2CCN(c3ccc(NC(=O)CSc4nnc(-c5ccc(Br)cc5)o4)cc3)CC2)c1. The van der Waals surface area contributed by atoms with E-state index in [4.69, 9.17) is 4.42 Å². The van der Waals surface area contributed by atoms with Crippen LogP contribution < -0.4 is 10.2 Å². The van der Waals surface area contributed by atoms with Crippen molar-refractivity contribution in [3.63, 3.8) is 0 Å². The Labute approximate surface area is 233 Å². The number of nitrogens with zero attached hydrogens (tertiary/aromatic N) is 4. The van der Waals surface area contributed by atoms with Crippen LogP contribution in [0.15, 0.2) is 86.9 Å². The van der Waals surface area contributed by atoms with Crippen molar-refractivity contribution in [3.05, 3.63) is 88.4 Å². The molecule has 1 aliphatic heterocycles. The highest BCUT2D eigenvalue weighted by Gasteiger charge is 2.22. The second-order valence-corrected chi connectivity index (χ2v) is 10.8. The molecule has 0 radical (unpaired) electrons. The number of benzene rings is 3. The smallest absolute Gasteiger partial charge is 0.277 e. The van der Waals surface area contributed by atoms with Gasteiger partial charge in [-0.05, 0) is 67.6 Å². The van der Waals surface area contributed by atoms with Crippen LogP contribution in [0.3, 0.4) is 0 Å². The Morgan fingerprint density at radius 3 is 2.42 bits per heavy atom. The molecule has 8 nitrogen and oxygen atoms in total. The number of aromatic nitrogens is 2. The summed E-state index contributed by atoms with van der Waals surface area (Å²) in [6, 6.07) is 23.0. The number of carbonyl (C=O) groups is 2. The standard InChI is InChI=1S/C28H26BrN5O3S/c1-19-3-2-4-21(17-19)27(36)34-15-13-33(14-16-34)24-11-9-23(10-12-24)30-25(35)18-38-28-32-31-26(37-28)20-5-7-22(29)8-6-20/h2-12,17H,13-16,18H2,1H3,(H,30,35). The van der Waals surface area contributed by atoms with E-state index in [0.717, 1.165) is 39.9 Å². The monoisotopic (exact) mass is 591 g/mol. The fourth-order valence-corrected chi connectivity index (χ4v) is 5.01. The van der Waals surface area contributed by atoms with Gasteiger partial charge in [-0.15, -0.1) is 10.2 Å². The highest BCUT2D eigenvalue weighted by molar-refractivity contribution is 9.10. The van der Waals surface area contributed by atoms with Crippen molar-refractivity contribution in [2.75, 3.05) is 42.1 Å². The molecule has 1 aliphatic rings. The van der Waals surface area contributed by atoms with Gasteiger partial charge >= 0.3 is 0 Å². The van der Waals surface area contributed by atoms with Gasteiger partial charge in [0.2, 0.25) is 11.8 Å². The number of thioether (sulfide) groups is 1. The molecule has 0 unspecified atom stereocenters. The first kappa shape index (κ1) is 26.0. The molecule has 1 N–H and O–H groups in total. The third-order valence-electron chi connectivity index (χ3n) is 6.17. The molecule has 3 aromatic carbocycles. The molecule has 1 aromatic heterocycles. The molecular weight excluding hydrogens is 566 g/mol. The lowest BCUT2D eigenvalue weighted by Crippen LogP contribution is -2.48. The number of amides is 2. The lowest BCUT2D eigenvalue weighted by atomic mass is 10.1. The second-order valence-electron chi connectivity index (χ2n) is 8.91. The summed E-state index contributed by atoms with van der Waals surface area (Å²) in [5.74, 6) is 0.487. The Balaban J connectivity index is 1.09. The summed E-state index contributed by atoms with van der Waals surface area (Å²) in [5, 5.41) is 11.3. The number of carbonyl (C=O) groups excluding carboxylic acids is 2. The van der Waals surface area contributed by atoms with Crippen LogP contribution in [-0.2, 0) is 4.79 Å². The summed E-state index contributed by atoms with van der Waals surface area (Å²) in [5.41, 5.74) is 4.41. The van der Waals surface area contributed by atoms with Crippen LogP contribution in [0, 0.1) is 6.92 Å². The molecule has 10 heteroatoms. The molecule has 4 aromatic rings. The molecule has 2 heterocycles. The van der Waals surface area contributed by atoms with E-state index in [9.17, 15) is 9.59 Å². The van der Waals surface area contributed by atoms with E-state index < -0.39 is 0 Å². The van der Waals surface area contributed by atoms with Gasteiger partial charge in [0.05, 0.1) is 5.75 Å². The summed E-state index contributed by atoms with van der Waals surface area (Å²) >= 11 is 4.59. The second kappa shape index (κ2) is 11.8. The van der Waals surface area contributed by atoms with Crippen LogP contribution in [-0.4, -0.2) is 58.8 Å². The van der Waals surface area contributed by atoms with Gasteiger partial charge in [-0.3, -0.25) is 9.59 Å². The van der Waals surface area contributed by atoms with E-state index in [1.807, 2.05) is 84.6 Å². The van der Waals surface area contributed by atoms with E-state index in [0.29, 0.717) is 29.9 Å². The highest BCUT2D eigenvalue weighted by Crippen LogP contribution is 2.25. The number of hydrogen-bond acceptors (Lipinski definition) is 7. The van der Waals surface area contributed by atoms with Crippen molar-refractivity contribution in [1.29, 1.82) is 0 Å². The fraction of sp³-hybridized carbons (Fsp3) is 0.214. The van der Waals surface area contributed by atoms with Crippen LogP contribution in [0.5, 0.6) is 0 Å². The van der Waals surface area contributed by atoms with Crippen molar-refractivity contribution in [2.24, 2.45) is 0 Å². The predicted octanol–water partition coefficient (Wildman–Crippen LogP) is 5.50. The van der Waals surface area contributed by atoms with Crippen molar-refractivity contribution < 1.29 is 14.0 Å². The number of hydrogen-bond donors (Lipinski definition) is 1.